The minimum atomic E-state index is 0.0863. The number of aryl methyl sites for hydroxylation is 1. The molecule has 28 heavy (non-hydrogen) atoms. The highest BCUT2D eigenvalue weighted by molar-refractivity contribution is 7.14. The molecular formula is C21H23N5OS. The lowest BCUT2D eigenvalue weighted by Gasteiger charge is -2.31. The zero-order valence-electron chi connectivity index (χ0n) is 15.9. The maximum Gasteiger partial charge on any atom is 0.228 e. The maximum atomic E-state index is 12.7. The SMILES string of the molecule is Cc1nnc(-c2ccc3cnc(NC(=O)C4CCN(C5CC5)CC4)cc3c2)s1. The number of pyridine rings is 1. The molecule has 2 fully saturated rings. The second-order valence-electron chi connectivity index (χ2n) is 7.79. The first kappa shape index (κ1) is 17.7. The second-order valence-corrected chi connectivity index (χ2v) is 8.97. The topological polar surface area (TPSA) is 71.0 Å². The van der Waals surface area contributed by atoms with Gasteiger partial charge in [0.05, 0.1) is 0 Å². The molecule has 0 atom stereocenters. The third-order valence-corrected chi connectivity index (χ3v) is 6.60. The highest BCUT2D eigenvalue weighted by Crippen LogP contribution is 2.31. The summed E-state index contributed by atoms with van der Waals surface area (Å²) in [4.78, 5) is 19.7. The molecule has 1 aromatic carbocycles. The van der Waals surface area contributed by atoms with Crippen LogP contribution in [0, 0.1) is 12.8 Å². The Labute approximate surface area is 168 Å². The standard InChI is InChI=1S/C21H23N5OS/c1-13-24-25-21(28-13)15-2-3-16-12-22-19(11-17(16)10-15)23-20(27)14-6-8-26(9-7-14)18-4-5-18/h2-3,10-12,14,18H,4-9H2,1H3,(H,22,23,27). The molecule has 1 aliphatic heterocycles. The Hall–Kier alpha value is -2.38. The Bertz CT molecular complexity index is 1020. The van der Waals surface area contributed by atoms with Crippen LogP contribution in [0.1, 0.15) is 30.7 Å². The average molecular weight is 394 g/mol. The molecule has 3 aromatic rings. The van der Waals surface area contributed by atoms with Crippen LogP contribution in [-0.4, -0.2) is 45.1 Å². The number of hydrogen-bond acceptors (Lipinski definition) is 6. The largest absolute Gasteiger partial charge is 0.310 e. The van der Waals surface area contributed by atoms with Gasteiger partial charge < -0.3 is 10.2 Å². The van der Waals surface area contributed by atoms with Crippen LogP contribution in [-0.2, 0) is 4.79 Å². The molecular weight excluding hydrogens is 370 g/mol. The maximum absolute atomic E-state index is 12.7. The molecule has 1 saturated heterocycles. The molecule has 0 spiro atoms. The predicted molar refractivity (Wildman–Crippen MR) is 111 cm³/mol. The molecule has 3 heterocycles. The summed E-state index contributed by atoms with van der Waals surface area (Å²) in [5.41, 5.74) is 1.04. The Morgan fingerprint density at radius 1 is 1.11 bits per heavy atom. The van der Waals surface area contributed by atoms with E-state index < -0.39 is 0 Å². The summed E-state index contributed by atoms with van der Waals surface area (Å²) < 4.78 is 0. The molecule has 5 rings (SSSR count). The summed E-state index contributed by atoms with van der Waals surface area (Å²) in [7, 11) is 0. The monoisotopic (exact) mass is 393 g/mol. The fourth-order valence-corrected chi connectivity index (χ4v) is 4.64. The van der Waals surface area contributed by atoms with Gasteiger partial charge in [-0.05, 0) is 63.2 Å². The molecule has 2 aromatic heterocycles. The van der Waals surface area contributed by atoms with Crippen molar-refractivity contribution in [2.75, 3.05) is 18.4 Å². The van der Waals surface area contributed by atoms with Gasteiger partial charge in [0.1, 0.15) is 15.8 Å². The van der Waals surface area contributed by atoms with Gasteiger partial charge in [0.2, 0.25) is 5.91 Å². The van der Waals surface area contributed by atoms with Crippen molar-refractivity contribution in [1.82, 2.24) is 20.1 Å². The summed E-state index contributed by atoms with van der Waals surface area (Å²) in [6.07, 6.45) is 6.36. The zero-order chi connectivity index (χ0) is 19.1. The summed E-state index contributed by atoms with van der Waals surface area (Å²) >= 11 is 1.58. The van der Waals surface area contributed by atoms with E-state index in [1.807, 2.05) is 31.3 Å². The van der Waals surface area contributed by atoms with Gasteiger partial charge in [-0.25, -0.2) is 4.98 Å². The Balaban J connectivity index is 1.30. The number of nitrogens with one attached hydrogen (secondary N) is 1. The van der Waals surface area contributed by atoms with Crippen molar-refractivity contribution in [3.8, 4) is 10.6 Å². The molecule has 7 heteroatoms. The number of piperidine rings is 1. The summed E-state index contributed by atoms with van der Waals surface area (Å²) in [6.45, 7) is 4.03. The highest BCUT2D eigenvalue weighted by Gasteiger charge is 2.33. The van der Waals surface area contributed by atoms with Gasteiger partial charge in [0, 0.05) is 29.1 Å². The van der Waals surface area contributed by atoms with Crippen molar-refractivity contribution in [3.63, 3.8) is 0 Å². The van der Waals surface area contributed by atoms with Crippen molar-refractivity contribution >= 4 is 33.8 Å². The first-order chi connectivity index (χ1) is 13.7. The number of benzene rings is 1. The molecule has 1 amide bonds. The van der Waals surface area contributed by atoms with E-state index in [9.17, 15) is 4.79 Å². The van der Waals surface area contributed by atoms with E-state index in [4.69, 9.17) is 0 Å². The van der Waals surface area contributed by atoms with Crippen molar-refractivity contribution in [1.29, 1.82) is 0 Å². The van der Waals surface area contributed by atoms with Gasteiger partial charge in [0.15, 0.2) is 0 Å². The van der Waals surface area contributed by atoms with Gasteiger partial charge in [-0.2, -0.15) is 0 Å². The minimum absolute atomic E-state index is 0.0863. The minimum Gasteiger partial charge on any atom is -0.310 e. The van der Waals surface area contributed by atoms with Crippen LogP contribution < -0.4 is 5.32 Å². The summed E-state index contributed by atoms with van der Waals surface area (Å²) in [6, 6.07) is 8.89. The van der Waals surface area contributed by atoms with Gasteiger partial charge >= 0.3 is 0 Å². The Morgan fingerprint density at radius 3 is 2.64 bits per heavy atom. The number of carbonyl (C=O) groups excluding carboxylic acids is 1. The normalized spacial score (nSPS) is 18.5. The number of likely N-dealkylation sites (tertiary alicyclic amines) is 1. The van der Waals surface area contributed by atoms with Gasteiger partial charge in [-0.1, -0.05) is 23.5 Å². The quantitative estimate of drug-likeness (QED) is 0.728. The van der Waals surface area contributed by atoms with Crippen LogP contribution >= 0.6 is 11.3 Å². The number of nitrogens with zero attached hydrogens (tertiary/aromatic N) is 4. The van der Waals surface area contributed by atoms with Crippen molar-refractivity contribution < 1.29 is 4.79 Å². The smallest absolute Gasteiger partial charge is 0.228 e. The number of carbonyl (C=O) groups is 1. The lowest BCUT2D eigenvalue weighted by atomic mass is 9.96. The van der Waals surface area contributed by atoms with E-state index in [1.165, 1.54) is 12.8 Å². The number of fused-ring (bicyclic) bond motifs is 1. The fraction of sp³-hybridized carbons (Fsp3) is 0.429. The van der Waals surface area contributed by atoms with E-state index in [-0.39, 0.29) is 11.8 Å². The average Bonchev–Trinajstić information content (AvgIpc) is 3.48. The molecule has 0 unspecified atom stereocenters. The molecule has 1 saturated carbocycles. The lowest BCUT2D eigenvalue weighted by molar-refractivity contribution is -0.121. The van der Waals surface area contributed by atoms with Crippen molar-refractivity contribution in [3.05, 3.63) is 35.5 Å². The van der Waals surface area contributed by atoms with Crippen LogP contribution in [0.2, 0.25) is 0 Å². The molecule has 0 bridgehead atoms. The lowest BCUT2D eigenvalue weighted by Crippen LogP contribution is -2.39. The van der Waals surface area contributed by atoms with Gasteiger partial charge in [-0.15, -0.1) is 10.2 Å². The van der Waals surface area contributed by atoms with E-state index >= 15 is 0 Å². The molecule has 0 radical (unpaired) electrons. The van der Waals surface area contributed by atoms with Crippen LogP contribution in [0.25, 0.3) is 21.3 Å². The number of aromatic nitrogens is 3. The van der Waals surface area contributed by atoms with E-state index in [0.29, 0.717) is 5.82 Å². The molecule has 144 valence electrons. The van der Waals surface area contributed by atoms with Crippen molar-refractivity contribution in [2.24, 2.45) is 5.92 Å². The van der Waals surface area contributed by atoms with E-state index in [1.54, 1.807) is 11.3 Å². The fourth-order valence-electron chi connectivity index (χ4n) is 3.95. The number of hydrogen-bond donors (Lipinski definition) is 1. The predicted octanol–water partition coefficient (Wildman–Crippen LogP) is 3.87. The highest BCUT2D eigenvalue weighted by atomic mass is 32.1. The zero-order valence-corrected chi connectivity index (χ0v) is 16.7. The molecule has 6 nitrogen and oxygen atoms in total. The van der Waals surface area contributed by atoms with E-state index in [2.05, 4.69) is 31.5 Å². The second kappa shape index (κ2) is 7.22. The van der Waals surface area contributed by atoms with Crippen molar-refractivity contribution in [2.45, 2.75) is 38.6 Å². The number of rotatable bonds is 4. The van der Waals surface area contributed by atoms with Gasteiger partial charge in [0.25, 0.3) is 0 Å². The first-order valence-corrected chi connectivity index (χ1v) is 10.7. The first-order valence-electron chi connectivity index (χ1n) is 9.91. The molecule has 1 aliphatic carbocycles. The van der Waals surface area contributed by atoms with Crippen LogP contribution in [0.15, 0.2) is 30.5 Å². The molecule has 2 aliphatic rings. The number of amides is 1. The summed E-state index contributed by atoms with van der Waals surface area (Å²) in [5, 5.41) is 15.3. The number of anilines is 1. The van der Waals surface area contributed by atoms with Gasteiger partial charge in [-0.3, -0.25) is 4.79 Å². The van der Waals surface area contributed by atoms with E-state index in [0.717, 1.165) is 58.3 Å². The van der Waals surface area contributed by atoms with Crippen LogP contribution in [0.4, 0.5) is 5.82 Å². The molecule has 1 N–H and O–H groups in total. The third-order valence-electron chi connectivity index (χ3n) is 5.71. The Kier molecular flexibility index (Phi) is 4.56. The van der Waals surface area contributed by atoms with Crippen LogP contribution in [0.5, 0.6) is 0 Å². The Morgan fingerprint density at radius 2 is 1.93 bits per heavy atom. The van der Waals surface area contributed by atoms with Crippen LogP contribution in [0.3, 0.4) is 0 Å². The third kappa shape index (κ3) is 3.64. The summed E-state index contributed by atoms with van der Waals surface area (Å²) in [5.74, 6) is 0.800.